The lowest BCUT2D eigenvalue weighted by molar-refractivity contribution is -0.146. The first kappa shape index (κ1) is 41.9. The van der Waals surface area contributed by atoms with Crippen molar-refractivity contribution in [3.05, 3.63) is 107 Å². The highest BCUT2D eigenvalue weighted by Gasteiger charge is 2.37. The van der Waals surface area contributed by atoms with Crippen LogP contribution in [0.2, 0.25) is 0 Å². The number of hydrogen-bond donors (Lipinski definition) is 3. The summed E-state index contributed by atoms with van der Waals surface area (Å²) in [6.07, 6.45) is 0.799. The number of ether oxygens (including phenoxy) is 2. The fourth-order valence-electron chi connectivity index (χ4n) is 5.65. The molecular weight excluding hydrogens is 717 g/mol. The average Bonchev–Trinajstić information content (AvgIpc) is 3.89. The van der Waals surface area contributed by atoms with E-state index in [1.807, 2.05) is 80.6 Å². The maximum absolute atomic E-state index is 13.0. The summed E-state index contributed by atoms with van der Waals surface area (Å²) >= 11 is 0. The zero-order chi connectivity index (χ0) is 40.6. The SMILES string of the molecule is CCOC(=O)C1=C(C(C)C)Nc2nnnn2C1c1cccc2ccccc12.CCOC(=O)CC(=O)C(C)C.Nc1nn[nH]n1.O=Cc1cccc2ccccc12. The van der Waals surface area contributed by atoms with Crippen molar-refractivity contribution in [1.82, 2.24) is 40.8 Å². The lowest BCUT2D eigenvalue weighted by Crippen LogP contribution is -2.32. The van der Waals surface area contributed by atoms with Gasteiger partial charge in [0.15, 0.2) is 6.29 Å². The molecule has 0 radical (unpaired) electrons. The minimum absolute atomic E-state index is 0.0662. The number of rotatable bonds is 9. The Morgan fingerprint density at radius 1 is 0.839 bits per heavy atom. The first-order chi connectivity index (χ1) is 27.0. The van der Waals surface area contributed by atoms with E-state index < -0.39 is 12.0 Å². The van der Waals surface area contributed by atoms with Gasteiger partial charge in [-0.3, -0.25) is 14.4 Å². The molecule has 0 fully saturated rings. The number of nitrogens with one attached hydrogen (secondary N) is 2. The van der Waals surface area contributed by atoms with Crippen LogP contribution in [-0.2, 0) is 23.9 Å². The third kappa shape index (κ3) is 10.9. The van der Waals surface area contributed by atoms with Crippen molar-refractivity contribution < 1.29 is 28.7 Å². The molecule has 0 spiro atoms. The summed E-state index contributed by atoms with van der Waals surface area (Å²) in [5, 5.41) is 31.6. The van der Waals surface area contributed by atoms with Crippen LogP contribution in [0.25, 0.3) is 21.5 Å². The number of nitrogens with two attached hydrogens (primary N) is 1. The van der Waals surface area contributed by atoms with Crippen molar-refractivity contribution in [2.24, 2.45) is 11.8 Å². The van der Waals surface area contributed by atoms with E-state index in [4.69, 9.17) is 10.5 Å². The maximum atomic E-state index is 13.0. The molecule has 7 rings (SSSR count). The molecule has 1 unspecified atom stereocenters. The van der Waals surface area contributed by atoms with Crippen LogP contribution >= 0.6 is 0 Å². The molecule has 16 heteroatoms. The van der Waals surface area contributed by atoms with Crippen molar-refractivity contribution in [3.63, 3.8) is 0 Å². The third-order valence-corrected chi connectivity index (χ3v) is 8.32. The number of aromatic amines is 1. The van der Waals surface area contributed by atoms with Crippen LogP contribution in [0.5, 0.6) is 0 Å². The van der Waals surface area contributed by atoms with Crippen molar-refractivity contribution in [2.75, 3.05) is 24.3 Å². The standard InChI is InChI=1S/C20H21N5O2.C11H8O.C8H14O3.CH3N5/c1-4-27-19(26)16-17(12(2)3)21-20-22-23-24-25(20)18(16)15-11-7-9-13-8-5-6-10-14(13)15;12-8-10-6-3-5-9-4-1-2-7-11(9)10;1-4-11-8(10)5-7(9)6(2)3;2-1-3-5-6-4-1/h5-12,18H,4H2,1-3H3,(H,21,22,24);1-8H;6H,4-5H2,1-3H3;(H3,2,3,4,5,6). The predicted octanol–water partition coefficient (Wildman–Crippen LogP) is 5.91. The van der Waals surface area contributed by atoms with Crippen molar-refractivity contribution in [1.29, 1.82) is 0 Å². The lowest BCUT2D eigenvalue weighted by atomic mass is 9.89. The van der Waals surface area contributed by atoms with Crippen LogP contribution in [0.15, 0.2) is 96.2 Å². The quantitative estimate of drug-likeness (QED) is 0.0885. The lowest BCUT2D eigenvalue weighted by Gasteiger charge is -2.30. The molecule has 0 saturated carbocycles. The number of benzene rings is 4. The Balaban J connectivity index is 0.000000197. The first-order valence-electron chi connectivity index (χ1n) is 18.0. The second-order valence-electron chi connectivity index (χ2n) is 12.8. The Morgan fingerprint density at radius 3 is 2.04 bits per heavy atom. The maximum Gasteiger partial charge on any atom is 0.338 e. The highest BCUT2D eigenvalue weighted by Crippen LogP contribution is 2.39. The van der Waals surface area contributed by atoms with E-state index in [9.17, 15) is 19.2 Å². The van der Waals surface area contributed by atoms with E-state index in [1.54, 1.807) is 32.4 Å². The van der Waals surface area contributed by atoms with Gasteiger partial charge in [-0.25, -0.2) is 4.79 Å². The topological polar surface area (TPSA) is 223 Å². The minimum Gasteiger partial charge on any atom is -0.466 e. The largest absolute Gasteiger partial charge is 0.466 e. The van der Waals surface area contributed by atoms with Gasteiger partial charge in [0.1, 0.15) is 18.2 Å². The Labute approximate surface area is 323 Å². The molecular formula is C40H46N10O6. The summed E-state index contributed by atoms with van der Waals surface area (Å²) in [5.41, 5.74) is 8.01. The van der Waals surface area contributed by atoms with Crippen LogP contribution < -0.4 is 11.1 Å². The zero-order valence-electron chi connectivity index (χ0n) is 32.2. The van der Waals surface area contributed by atoms with E-state index in [0.717, 1.165) is 44.7 Å². The Hall–Kier alpha value is -6.84. The second kappa shape index (κ2) is 20.6. The second-order valence-corrected chi connectivity index (χ2v) is 12.8. The number of H-pyrrole nitrogens is 1. The van der Waals surface area contributed by atoms with Gasteiger partial charge in [-0.15, -0.1) is 5.10 Å². The van der Waals surface area contributed by atoms with Gasteiger partial charge in [-0.2, -0.15) is 9.90 Å². The number of tetrazole rings is 2. The number of carbonyl (C=O) groups excluding carboxylic acids is 4. The highest BCUT2D eigenvalue weighted by molar-refractivity contribution is 5.98. The van der Waals surface area contributed by atoms with E-state index in [2.05, 4.69) is 64.4 Å². The van der Waals surface area contributed by atoms with E-state index in [1.165, 1.54) is 0 Å². The first-order valence-corrected chi connectivity index (χ1v) is 18.0. The normalized spacial score (nSPS) is 12.9. The fraction of sp³-hybridized carbons (Fsp3) is 0.300. The molecule has 0 bridgehead atoms. The number of aldehydes is 1. The average molecular weight is 763 g/mol. The number of allylic oxidation sites excluding steroid dienone is 1. The number of fused-ring (bicyclic) bond motifs is 3. The molecule has 1 aliphatic rings. The van der Waals surface area contributed by atoms with Gasteiger partial charge in [-0.05, 0) is 62.5 Å². The molecule has 292 valence electrons. The Bertz CT molecular complexity index is 2260. The van der Waals surface area contributed by atoms with Gasteiger partial charge in [0, 0.05) is 17.2 Å². The van der Waals surface area contributed by atoms with Crippen LogP contribution in [0.3, 0.4) is 0 Å². The number of nitrogens with zero attached hydrogens (tertiary/aromatic N) is 7. The number of esters is 2. The molecule has 1 aliphatic heterocycles. The number of hydrogen-bond acceptors (Lipinski definition) is 14. The molecule has 1 atom stereocenters. The monoisotopic (exact) mass is 762 g/mol. The molecule has 16 nitrogen and oxygen atoms in total. The van der Waals surface area contributed by atoms with Gasteiger partial charge in [0.05, 0.1) is 18.8 Å². The molecule has 6 aromatic rings. The number of nitrogen functional groups attached to an aromatic ring is 1. The van der Waals surface area contributed by atoms with Crippen molar-refractivity contribution in [2.45, 2.75) is 54.0 Å². The smallest absolute Gasteiger partial charge is 0.338 e. The van der Waals surface area contributed by atoms with Gasteiger partial charge < -0.3 is 20.5 Å². The highest BCUT2D eigenvalue weighted by atomic mass is 16.5. The van der Waals surface area contributed by atoms with Crippen molar-refractivity contribution in [3.8, 4) is 0 Å². The molecule has 56 heavy (non-hydrogen) atoms. The number of ketones is 1. The van der Waals surface area contributed by atoms with Gasteiger partial charge in [0.2, 0.25) is 5.95 Å². The summed E-state index contributed by atoms with van der Waals surface area (Å²) in [4.78, 5) is 45.2. The molecule has 0 saturated heterocycles. The molecule has 2 aromatic heterocycles. The summed E-state index contributed by atoms with van der Waals surface area (Å²) in [6, 6.07) is 27.3. The minimum atomic E-state index is -0.459. The number of anilines is 2. The fourth-order valence-corrected chi connectivity index (χ4v) is 5.65. The van der Waals surface area contributed by atoms with Gasteiger partial charge in [-0.1, -0.05) is 123 Å². The summed E-state index contributed by atoms with van der Waals surface area (Å²) < 4.78 is 11.7. The predicted molar refractivity (Wildman–Crippen MR) is 211 cm³/mol. The molecule has 4 aromatic carbocycles. The van der Waals surface area contributed by atoms with Gasteiger partial charge in [0.25, 0.3) is 5.95 Å². The summed E-state index contributed by atoms with van der Waals surface area (Å²) in [6.45, 7) is 11.8. The Kier molecular flexibility index (Phi) is 15.4. The molecule has 4 N–H and O–H groups in total. The van der Waals surface area contributed by atoms with Crippen LogP contribution in [0.4, 0.5) is 11.9 Å². The molecule has 3 heterocycles. The molecule has 0 aliphatic carbocycles. The van der Waals surface area contributed by atoms with Crippen molar-refractivity contribution >= 4 is 57.4 Å². The van der Waals surface area contributed by atoms with E-state index in [0.29, 0.717) is 24.7 Å². The van der Waals surface area contributed by atoms with Gasteiger partial charge >= 0.3 is 11.9 Å². The molecule has 0 amide bonds. The summed E-state index contributed by atoms with van der Waals surface area (Å²) in [7, 11) is 0. The van der Waals surface area contributed by atoms with Crippen LogP contribution in [0, 0.1) is 11.8 Å². The number of aromatic nitrogens is 8. The zero-order valence-corrected chi connectivity index (χ0v) is 32.2. The van der Waals surface area contributed by atoms with E-state index >= 15 is 0 Å². The number of Topliss-reactive ketones (excluding diaryl/α,β-unsaturated/α-hetero) is 1. The van der Waals surface area contributed by atoms with E-state index in [-0.39, 0.29) is 36.0 Å². The van der Waals surface area contributed by atoms with Crippen LogP contribution in [0.1, 0.15) is 69.9 Å². The third-order valence-electron chi connectivity index (χ3n) is 8.32. The van der Waals surface area contributed by atoms with Crippen LogP contribution in [-0.4, -0.2) is 78.1 Å². The number of carbonyl (C=O) groups is 4. The summed E-state index contributed by atoms with van der Waals surface area (Å²) in [5.74, 6) is -0.158. The Morgan fingerprint density at radius 2 is 1.46 bits per heavy atom.